The van der Waals surface area contributed by atoms with Crippen LogP contribution in [-0.4, -0.2) is 49.1 Å². The molecule has 0 amide bonds. The number of hydrogen-bond donors (Lipinski definition) is 1. The number of rotatable bonds is 9. The van der Waals surface area contributed by atoms with Crippen molar-refractivity contribution in [2.45, 2.75) is 65.7 Å². The minimum atomic E-state index is -4.09. The molecular formula is C34H48BrN2O3P. The van der Waals surface area contributed by atoms with Crippen LogP contribution in [0.1, 0.15) is 53.9 Å². The van der Waals surface area contributed by atoms with Crippen LogP contribution in [0, 0.1) is 5.41 Å². The number of nitrogens with one attached hydrogen (secondary N) is 1. The summed E-state index contributed by atoms with van der Waals surface area (Å²) in [6.07, 6.45) is 1.72. The van der Waals surface area contributed by atoms with Crippen LogP contribution in [0.5, 0.6) is 0 Å². The summed E-state index contributed by atoms with van der Waals surface area (Å²) in [5.41, 5.74) is -0.283. The molecule has 3 aromatic rings. The van der Waals surface area contributed by atoms with Crippen molar-refractivity contribution in [3.05, 3.63) is 91.0 Å². The molecule has 1 fully saturated rings. The van der Waals surface area contributed by atoms with E-state index < -0.39 is 6.83 Å². The predicted molar refractivity (Wildman–Crippen MR) is 179 cm³/mol. The topological polar surface area (TPSA) is 50.8 Å². The van der Waals surface area contributed by atoms with Crippen molar-refractivity contribution in [2.75, 3.05) is 26.9 Å². The van der Waals surface area contributed by atoms with Gasteiger partial charge in [-0.05, 0) is 0 Å². The van der Waals surface area contributed by atoms with E-state index in [0.29, 0.717) is 13.2 Å². The molecule has 1 aliphatic heterocycles. The number of carbonyl (C=O) groups excluding carboxylic acids is 1. The second kappa shape index (κ2) is 13.6. The van der Waals surface area contributed by atoms with Gasteiger partial charge in [-0.15, -0.1) is 17.0 Å². The van der Waals surface area contributed by atoms with Gasteiger partial charge in [-0.2, -0.15) is 0 Å². The van der Waals surface area contributed by atoms with Crippen molar-refractivity contribution < 1.29 is 14.1 Å². The van der Waals surface area contributed by atoms with Crippen LogP contribution < -0.4 is 21.2 Å². The summed E-state index contributed by atoms with van der Waals surface area (Å²) in [4.78, 5) is 17.2. The molecule has 1 saturated heterocycles. The summed E-state index contributed by atoms with van der Waals surface area (Å²) >= 11 is 0. The average Bonchev–Trinajstić information content (AvgIpc) is 2.95. The first-order valence-corrected chi connectivity index (χ1v) is 16.6. The number of ether oxygens (including phenoxy) is 1. The number of nitrogens with zero attached hydrogens (tertiary/aromatic N) is 1. The normalized spacial score (nSPS) is 20.2. The van der Waals surface area contributed by atoms with Crippen molar-refractivity contribution >= 4 is 45.2 Å². The van der Waals surface area contributed by atoms with Crippen molar-refractivity contribution in [1.29, 1.82) is 0 Å². The predicted octanol–water partition coefficient (Wildman–Crippen LogP) is 6.38. The molecule has 1 atom stereocenters. The molecule has 0 aliphatic carbocycles. The van der Waals surface area contributed by atoms with Crippen LogP contribution in [0.2, 0.25) is 0 Å². The van der Waals surface area contributed by atoms with Gasteiger partial charge in [0.05, 0.1) is 0 Å². The summed E-state index contributed by atoms with van der Waals surface area (Å²) in [6.45, 7) is 8.78. The van der Waals surface area contributed by atoms with Crippen molar-refractivity contribution in [3.8, 4) is 0 Å². The van der Waals surface area contributed by atoms with E-state index in [1.807, 2.05) is 54.6 Å². The van der Waals surface area contributed by atoms with Gasteiger partial charge in [-0.1, -0.05) is 0 Å². The zero-order valence-electron chi connectivity index (χ0n) is 25.5. The standard InChI is InChI=1S/C34H47N2O3P.BrH/c1-33(2,3)38-27-36(6)26-24-34(4,5)32-35-25-16-23-31(37)40(39-32,28-17-10-7-11-18-28,29-19-12-8-13-20-29)30-21-14-9-15-22-30;/h7-15,17-22,32,35H,16,23-27H2,1-6H3;1H. The van der Waals surface area contributed by atoms with E-state index >= 15 is 4.79 Å². The molecule has 224 valence electrons. The third-order valence-corrected chi connectivity index (χ3v) is 13.7. The second-order valence-electron chi connectivity index (χ2n) is 12.7. The zero-order chi connectivity index (χ0) is 28.9. The molecule has 0 aromatic heterocycles. The van der Waals surface area contributed by atoms with Gasteiger partial charge in [0.15, 0.2) is 0 Å². The molecule has 0 spiro atoms. The molecule has 7 heteroatoms. The molecule has 0 radical (unpaired) electrons. The van der Waals surface area contributed by atoms with Gasteiger partial charge in [0.25, 0.3) is 0 Å². The van der Waals surface area contributed by atoms with E-state index in [4.69, 9.17) is 9.26 Å². The van der Waals surface area contributed by atoms with Gasteiger partial charge in [0.1, 0.15) is 0 Å². The van der Waals surface area contributed by atoms with Crippen LogP contribution in [-0.2, 0) is 14.1 Å². The summed E-state index contributed by atoms with van der Waals surface area (Å²) in [6, 6.07) is 30.8. The average molecular weight is 644 g/mol. The minimum absolute atomic E-state index is 0. The Morgan fingerprint density at radius 2 is 1.32 bits per heavy atom. The molecule has 1 N–H and O–H groups in total. The third-order valence-electron chi connectivity index (χ3n) is 8.00. The van der Waals surface area contributed by atoms with E-state index in [9.17, 15) is 0 Å². The molecule has 5 nitrogen and oxygen atoms in total. The summed E-state index contributed by atoms with van der Waals surface area (Å²) in [5.74, 6) is 0. The quantitative estimate of drug-likeness (QED) is 0.217. The fraction of sp³-hybridized carbons (Fsp3) is 0.441. The molecule has 1 heterocycles. The molecule has 41 heavy (non-hydrogen) atoms. The maximum absolute atomic E-state index is 15.0. The molecule has 0 saturated carbocycles. The Labute approximate surface area is 257 Å². The first-order chi connectivity index (χ1) is 19.0. The first-order valence-electron chi connectivity index (χ1n) is 14.5. The molecular weight excluding hydrogens is 595 g/mol. The monoisotopic (exact) mass is 642 g/mol. The van der Waals surface area contributed by atoms with Gasteiger partial charge in [0.2, 0.25) is 0 Å². The van der Waals surface area contributed by atoms with Crippen molar-refractivity contribution in [3.63, 3.8) is 0 Å². The Bertz CT molecular complexity index is 1150. The van der Waals surface area contributed by atoms with Gasteiger partial charge in [0, 0.05) is 0 Å². The number of halogens is 1. The van der Waals surface area contributed by atoms with Crippen LogP contribution in [0.15, 0.2) is 91.0 Å². The SMILES string of the molecule is Br.CN(CCC(C)(C)C1NCCCC(=O)P(c2ccccc2)(c2ccccc2)(c2ccccc2)O1)COC(C)(C)C. The van der Waals surface area contributed by atoms with Crippen LogP contribution in [0.3, 0.4) is 0 Å². The van der Waals surface area contributed by atoms with E-state index in [0.717, 1.165) is 41.8 Å². The molecule has 1 unspecified atom stereocenters. The van der Waals surface area contributed by atoms with Gasteiger partial charge in [-0.3, -0.25) is 0 Å². The third kappa shape index (κ3) is 6.85. The Balaban J connectivity index is 0.00000462. The van der Waals surface area contributed by atoms with Gasteiger partial charge in [-0.25, -0.2) is 0 Å². The second-order valence-corrected chi connectivity index (χ2v) is 17.0. The van der Waals surface area contributed by atoms with E-state index in [2.05, 4.69) is 88.3 Å². The summed E-state index contributed by atoms with van der Waals surface area (Å²) < 4.78 is 13.7. The van der Waals surface area contributed by atoms with Gasteiger partial charge < -0.3 is 0 Å². The molecule has 4 rings (SSSR count). The Hall–Kier alpha value is -1.92. The molecule has 3 aromatic carbocycles. The Morgan fingerprint density at radius 1 is 0.854 bits per heavy atom. The van der Waals surface area contributed by atoms with Gasteiger partial charge >= 0.3 is 242 Å². The van der Waals surface area contributed by atoms with Crippen molar-refractivity contribution in [1.82, 2.24) is 10.2 Å². The summed E-state index contributed by atoms with van der Waals surface area (Å²) in [5, 5.41) is 6.62. The van der Waals surface area contributed by atoms with E-state index in [1.54, 1.807) is 0 Å². The fourth-order valence-corrected chi connectivity index (χ4v) is 11.4. The Morgan fingerprint density at radius 3 is 1.76 bits per heavy atom. The Kier molecular flexibility index (Phi) is 11.1. The van der Waals surface area contributed by atoms with Crippen molar-refractivity contribution in [2.24, 2.45) is 5.41 Å². The molecule has 0 bridgehead atoms. The first kappa shape index (κ1) is 33.6. The molecule has 1 aliphatic rings. The van der Waals surface area contributed by atoms with E-state index in [1.165, 1.54) is 0 Å². The fourth-order valence-electron chi connectivity index (χ4n) is 5.59. The maximum atomic E-state index is 15.0. The summed E-state index contributed by atoms with van der Waals surface area (Å²) in [7, 11) is 2.09. The number of hydrogen-bond acceptors (Lipinski definition) is 5. The zero-order valence-corrected chi connectivity index (χ0v) is 28.1. The van der Waals surface area contributed by atoms with Crippen LogP contribution in [0.25, 0.3) is 0 Å². The van der Waals surface area contributed by atoms with Crippen LogP contribution in [0.4, 0.5) is 0 Å². The van der Waals surface area contributed by atoms with Crippen LogP contribution >= 0.6 is 23.8 Å². The van der Waals surface area contributed by atoms with E-state index in [-0.39, 0.29) is 39.7 Å². The number of carbonyl (C=O) groups is 1. The number of benzene rings is 3.